The first-order valence-electron chi connectivity index (χ1n) is 4.70. The molecule has 17 heavy (non-hydrogen) atoms. The van der Waals surface area contributed by atoms with Crippen molar-refractivity contribution in [2.75, 3.05) is 19.5 Å². The number of hydrogen-bond acceptors (Lipinski definition) is 3. The number of anilines is 1. The molecule has 1 aromatic carbocycles. The number of carbonyl (C=O) groups is 1. The Morgan fingerprint density at radius 1 is 1.53 bits per heavy atom. The summed E-state index contributed by atoms with van der Waals surface area (Å²) >= 11 is 5.90. The molecule has 0 atom stereocenters. The van der Waals surface area contributed by atoms with Crippen LogP contribution >= 0.6 is 11.6 Å². The third-order valence-corrected chi connectivity index (χ3v) is 2.19. The van der Waals surface area contributed by atoms with Gasteiger partial charge in [0.2, 0.25) is 0 Å². The van der Waals surface area contributed by atoms with Crippen LogP contribution in [0, 0.1) is 0 Å². The number of hydrogen-bond donors (Lipinski definition) is 3. The second kappa shape index (κ2) is 5.95. The molecule has 0 radical (unpaired) electrons. The van der Waals surface area contributed by atoms with Crippen LogP contribution in [0.4, 0.5) is 10.5 Å². The summed E-state index contributed by atoms with van der Waals surface area (Å²) in [6.07, 6.45) is 0. The van der Waals surface area contributed by atoms with Crippen molar-refractivity contribution in [3.63, 3.8) is 0 Å². The Bertz CT molecular complexity index is 448. The number of guanidine groups is 1. The maximum atomic E-state index is 11.4. The highest BCUT2D eigenvalue weighted by atomic mass is 35.5. The molecule has 0 unspecified atom stereocenters. The van der Waals surface area contributed by atoms with E-state index in [1.165, 1.54) is 14.2 Å². The molecule has 0 aromatic heterocycles. The smallest absolute Gasteiger partial charge is 0.325 e. The topological polar surface area (TPSA) is 88.7 Å². The fourth-order valence-electron chi connectivity index (χ4n) is 1.08. The third-order valence-electron chi connectivity index (χ3n) is 1.89. The lowest BCUT2D eigenvalue weighted by Gasteiger charge is -2.08. The van der Waals surface area contributed by atoms with Crippen molar-refractivity contribution in [2.24, 2.45) is 10.7 Å². The fraction of sp³-hybridized carbons (Fsp3) is 0.200. The van der Waals surface area contributed by atoms with Crippen molar-refractivity contribution in [3.8, 4) is 5.75 Å². The number of benzene rings is 1. The highest BCUT2D eigenvalue weighted by molar-refractivity contribution is 6.32. The number of nitrogens with zero attached hydrogens (tertiary/aromatic N) is 1. The standard InChI is InChI=1S/C10H13ClN4O2/c1-13-9(12)15-10(16)14-6-3-4-8(17-2)7(11)5-6/h3-5H,1-2H3,(H4,12,13,14,15,16). The first kappa shape index (κ1) is 13.1. The van der Waals surface area contributed by atoms with Crippen molar-refractivity contribution >= 4 is 29.3 Å². The minimum absolute atomic E-state index is 0.0297. The summed E-state index contributed by atoms with van der Waals surface area (Å²) in [6.45, 7) is 0. The molecular formula is C10H13ClN4O2. The van der Waals surface area contributed by atoms with Gasteiger partial charge < -0.3 is 15.8 Å². The van der Waals surface area contributed by atoms with Crippen LogP contribution < -0.4 is 21.1 Å². The summed E-state index contributed by atoms with van der Waals surface area (Å²) in [7, 11) is 2.99. The average molecular weight is 257 g/mol. The van der Waals surface area contributed by atoms with Crippen LogP contribution in [-0.4, -0.2) is 26.1 Å². The van der Waals surface area contributed by atoms with Gasteiger partial charge in [0.25, 0.3) is 0 Å². The van der Waals surface area contributed by atoms with Gasteiger partial charge in [0.15, 0.2) is 5.96 Å². The molecule has 1 rings (SSSR count). The van der Waals surface area contributed by atoms with E-state index in [-0.39, 0.29) is 5.96 Å². The predicted octanol–water partition coefficient (Wildman–Crippen LogP) is 1.41. The van der Waals surface area contributed by atoms with Crippen molar-refractivity contribution in [3.05, 3.63) is 23.2 Å². The predicted molar refractivity (Wildman–Crippen MR) is 67.7 cm³/mol. The summed E-state index contributed by atoms with van der Waals surface area (Å²) in [5.74, 6) is 0.564. The molecule has 0 aliphatic heterocycles. The van der Waals surface area contributed by atoms with Gasteiger partial charge in [0.1, 0.15) is 5.75 Å². The number of halogens is 1. The normalized spacial score (nSPS) is 10.9. The number of amides is 2. The van der Waals surface area contributed by atoms with Gasteiger partial charge in [0, 0.05) is 12.7 Å². The molecule has 1 aromatic rings. The lowest BCUT2D eigenvalue weighted by molar-refractivity contribution is 0.256. The van der Waals surface area contributed by atoms with Crippen molar-refractivity contribution in [1.82, 2.24) is 5.32 Å². The molecule has 4 N–H and O–H groups in total. The van der Waals surface area contributed by atoms with E-state index in [2.05, 4.69) is 15.6 Å². The van der Waals surface area contributed by atoms with Crippen molar-refractivity contribution < 1.29 is 9.53 Å². The fourth-order valence-corrected chi connectivity index (χ4v) is 1.34. The Kier molecular flexibility index (Phi) is 4.59. The van der Waals surface area contributed by atoms with Crippen LogP contribution in [0.5, 0.6) is 5.75 Å². The van der Waals surface area contributed by atoms with E-state index in [1.54, 1.807) is 18.2 Å². The van der Waals surface area contributed by atoms with Gasteiger partial charge in [-0.2, -0.15) is 0 Å². The number of methoxy groups -OCH3 is 1. The second-order valence-electron chi connectivity index (χ2n) is 3.04. The molecule has 0 heterocycles. The lowest BCUT2D eigenvalue weighted by Crippen LogP contribution is -2.39. The number of aliphatic imine (C=N–C) groups is 1. The Balaban J connectivity index is 2.69. The Morgan fingerprint density at radius 2 is 2.24 bits per heavy atom. The first-order valence-corrected chi connectivity index (χ1v) is 5.08. The molecule has 0 saturated carbocycles. The number of rotatable bonds is 2. The number of ether oxygens (including phenoxy) is 1. The summed E-state index contributed by atoms with van der Waals surface area (Å²) < 4.78 is 4.99. The van der Waals surface area contributed by atoms with Gasteiger partial charge in [-0.1, -0.05) is 11.6 Å². The highest BCUT2D eigenvalue weighted by Gasteiger charge is 2.05. The van der Waals surface area contributed by atoms with Crippen LogP contribution in [0.1, 0.15) is 0 Å². The zero-order chi connectivity index (χ0) is 12.8. The van der Waals surface area contributed by atoms with Gasteiger partial charge in [-0.05, 0) is 18.2 Å². The molecule has 2 amide bonds. The van der Waals surface area contributed by atoms with E-state index in [0.29, 0.717) is 16.5 Å². The molecule has 6 nitrogen and oxygen atoms in total. The lowest BCUT2D eigenvalue weighted by atomic mass is 10.3. The van der Waals surface area contributed by atoms with Crippen LogP contribution in [0.3, 0.4) is 0 Å². The van der Waals surface area contributed by atoms with E-state index in [1.807, 2.05) is 0 Å². The summed E-state index contributed by atoms with van der Waals surface area (Å²) in [4.78, 5) is 15.0. The molecule has 7 heteroatoms. The van der Waals surface area contributed by atoms with Crippen LogP contribution in [0.2, 0.25) is 5.02 Å². The van der Waals surface area contributed by atoms with E-state index >= 15 is 0 Å². The Labute approximate surface area is 104 Å². The Morgan fingerprint density at radius 3 is 2.76 bits per heavy atom. The molecule has 0 aliphatic rings. The number of carbonyl (C=O) groups excluding carboxylic acids is 1. The monoisotopic (exact) mass is 256 g/mol. The molecule has 92 valence electrons. The van der Waals surface area contributed by atoms with E-state index in [9.17, 15) is 4.79 Å². The number of nitrogens with one attached hydrogen (secondary N) is 2. The molecular weight excluding hydrogens is 244 g/mol. The van der Waals surface area contributed by atoms with Gasteiger partial charge in [-0.25, -0.2) is 4.79 Å². The molecule has 0 fully saturated rings. The number of nitrogens with two attached hydrogens (primary N) is 1. The van der Waals surface area contributed by atoms with E-state index in [4.69, 9.17) is 22.1 Å². The highest BCUT2D eigenvalue weighted by Crippen LogP contribution is 2.26. The van der Waals surface area contributed by atoms with Gasteiger partial charge in [-0.3, -0.25) is 10.3 Å². The van der Waals surface area contributed by atoms with E-state index in [0.717, 1.165) is 0 Å². The third kappa shape index (κ3) is 3.84. The number of urea groups is 1. The quantitative estimate of drug-likeness (QED) is 0.552. The first-order chi connectivity index (χ1) is 8.06. The van der Waals surface area contributed by atoms with Crippen molar-refractivity contribution in [1.29, 1.82) is 0 Å². The summed E-state index contributed by atoms with van der Waals surface area (Å²) in [5, 5.41) is 5.28. The van der Waals surface area contributed by atoms with Crippen LogP contribution in [-0.2, 0) is 0 Å². The Hall–Kier alpha value is -1.95. The molecule has 0 spiro atoms. The SMILES string of the molecule is CN=C(N)NC(=O)Nc1ccc(OC)c(Cl)c1. The largest absolute Gasteiger partial charge is 0.495 e. The minimum Gasteiger partial charge on any atom is -0.495 e. The van der Waals surface area contributed by atoms with Crippen LogP contribution in [0.25, 0.3) is 0 Å². The summed E-state index contributed by atoms with van der Waals surface area (Å²) in [5.41, 5.74) is 5.86. The van der Waals surface area contributed by atoms with E-state index < -0.39 is 6.03 Å². The molecule has 0 aliphatic carbocycles. The second-order valence-corrected chi connectivity index (χ2v) is 3.44. The van der Waals surface area contributed by atoms with Crippen molar-refractivity contribution in [2.45, 2.75) is 0 Å². The summed E-state index contributed by atoms with van der Waals surface area (Å²) in [6, 6.07) is 4.38. The van der Waals surface area contributed by atoms with Gasteiger partial charge >= 0.3 is 6.03 Å². The van der Waals surface area contributed by atoms with Crippen LogP contribution in [0.15, 0.2) is 23.2 Å². The zero-order valence-electron chi connectivity index (χ0n) is 9.45. The zero-order valence-corrected chi connectivity index (χ0v) is 10.2. The van der Waals surface area contributed by atoms with Gasteiger partial charge in [-0.15, -0.1) is 0 Å². The maximum absolute atomic E-state index is 11.4. The minimum atomic E-state index is -0.491. The molecule has 0 bridgehead atoms. The average Bonchev–Trinajstić information content (AvgIpc) is 2.29. The maximum Gasteiger partial charge on any atom is 0.325 e. The molecule has 0 saturated heterocycles. The van der Waals surface area contributed by atoms with Gasteiger partial charge in [0.05, 0.1) is 12.1 Å².